The molecular weight excluding hydrogens is 138 g/mol. The third-order valence-corrected chi connectivity index (χ3v) is 2.80. The molecule has 1 heterocycles. The third kappa shape index (κ3) is 1.72. The van der Waals surface area contributed by atoms with E-state index in [1.807, 2.05) is 7.05 Å². The minimum absolute atomic E-state index is 0.204. The molecule has 0 aromatic heterocycles. The lowest BCUT2D eigenvalue weighted by Gasteiger charge is -2.26. The van der Waals surface area contributed by atoms with Crippen LogP contribution in [0.2, 0.25) is 0 Å². The van der Waals surface area contributed by atoms with Gasteiger partial charge in [0.05, 0.1) is 0 Å². The van der Waals surface area contributed by atoms with E-state index in [4.69, 9.17) is 5.73 Å². The zero-order chi connectivity index (χ0) is 8.32. The third-order valence-electron chi connectivity index (χ3n) is 2.80. The quantitative estimate of drug-likeness (QED) is 0.587. The van der Waals surface area contributed by atoms with Gasteiger partial charge in [-0.1, -0.05) is 6.92 Å². The van der Waals surface area contributed by atoms with Crippen molar-refractivity contribution in [2.24, 2.45) is 5.73 Å². The average molecular weight is 157 g/mol. The molecule has 1 saturated heterocycles. The van der Waals surface area contributed by atoms with Crippen LogP contribution in [0, 0.1) is 0 Å². The summed E-state index contributed by atoms with van der Waals surface area (Å²) in [4.78, 5) is 2.43. The summed E-state index contributed by atoms with van der Waals surface area (Å²) in [6.45, 7) is 6.39. The molecule has 66 valence electrons. The number of likely N-dealkylation sites (tertiary alicyclic amines) is 1. The molecule has 3 N–H and O–H groups in total. The SMILES string of the molecule is CCN1CCC(CN)(NC)C1. The molecule has 0 radical (unpaired) electrons. The van der Waals surface area contributed by atoms with Gasteiger partial charge in [0.15, 0.2) is 0 Å². The standard InChI is InChI=1S/C8H19N3/c1-3-11-5-4-8(6-9,7-11)10-2/h10H,3-7,9H2,1-2H3. The van der Waals surface area contributed by atoms with E-state index < -0.39 is 0 Å². The summed E-state index contributed by atoms with van der Waals surface area (Å²) in [6, 6.07) is 0. The number of nitrogens with two attached hydrogens (primary N) is 1. The summed E-state index contributed by atoms with van der Waals surface area (Å²) in [5, 5.41) is 3.32. The zero-order valence-corrected chi connectivity index (χ0v) is 7.56. The molecule has 0 aromatic rings. The molecule has 3 nitrogen and oxygen atoms in total. The fourth-order valence-corrected chi connectivity index (χ4v) is 1.70. The van der Waals surface area contributed by atoms with Gasteiger partial charge in [0.25, 0.3) is 0 Å². The van der Waals surface area contributed by atoms with Crippen molar-refractivity contribution in [2.45, 2.75) is 18.9 Å². The second kappa shape index (κ2) is 3.52. The number of nitrogens with zero attached hydrogens (tertiary/aromatic N) is 1. The highest BCUT2D eigenvalue weighted by Gasteiger charge is 2.34. The van der Waals surface area contributed by atoms with Gasteiger partial charge in [-0.3, -0.25) is 0 Å². The van der Waals surface area contributed by atoms with Gasteiger partial charge in [0.1, 0.15) is 0 Å². The monoisotopic (exact) mass is 157 g/mol. The van der Waals surface area contributed by atoms with Gasteiger partial charge in [0, 0.05) is 25.2 Å². The van der Waals surface area contributed by atoms with Crippen molar-refractivity contribution in [2.75, 3.05) is 33.2 Å². The van der Waals surface area contributed by atoms with Crippen LogP contribution in [0.4, 0.5) is 0 Å². The number of likely N-dealkylation sites (N-methyl/N-ethyl adjacent to an activating group) is 2. The second-order valence-electron chi connectivity index (χ2n) is 3.35. The maximum atomic E-state index is 5.71. The second-order valence-corrected chi connectivity index (χ2v) is 3.35. The molecule has 3 heteroatoms. The van der Waals surface area contributed by atoms with Gasteiger partial charge in [0.2, 0.25) is 0 Å². The van der Waals surface area contributed by atoms with Gasteiger partial charge >= 0.3 is 0 Å². The molecule has 1 fully saturated rings. The first-order valence-electron chi connectivity index (χ1n) is 4.37. The van der Waals surface area contributed by atoms with Crippen LogP contribution in [0.15, 0.2) is 0 Å². The van der Waals surface area contributed by atoms with E-state index in [1.54, 1.807) is 0 Å². The molecule has 0 amide bonds. The highest BCUT2D eigenvalue weighted by molar-refractivity contribution is 4.96. The molecule has 1 aliphatic heterocycles. The largest absolute Gasteiger partial charge is 0.329 e. The van der Waals surface area contributed by atoms with E-state index in [0.29, 0.717) is 0 Å². The van der Waals surface area contributed by atoms with Gasteiger partial charge in [-0.05, 0) is 20.0 Å². The predicted octanol–water partition coefficient (Wildman–Crippen LogP) is -0.371. The first kappa shape index (κ1) is 8.97. The Morgan fingerprint density at radius 3 is 2.64 bits per heavy atom. The Labute approximate surface area is 68.9 Å². The van der Waals surface area contributed by atoms with Crippen LogP contribution in [0.3, 0.4) is 0 Å². The molecule has 1 atom stereocenters. The van der Waals surface area contributed by atoms with Crippen molar-refractivity contribution in [1.29, 1.82) is 0 Å². The van der Waals surface area contributed by atoms with Gasteiger partial charge in [-0.2, -0.15) is 0 Å². The smallest absolute Gasteiger partial charge is 0.0442 e. The molecule has 1 unspecified atom stereocenters. The average Bonchev–Trinajstić information content (AvgIpc) is 2.49. The van der Waals surface area contributed by atoms with Gasteiger partial charge in [-0.15, -0.1) is 0 Å². The summed E-state index contributed by atoms with van der Waals surface area (Å²) < 4.78 is 0. The van der Waals surface area contributed by atoms with E-state index in [2.05, 4.69) is 17.1 Å². The fourth-order valence-electron chi connectivity index (χ4n) is 1.70. The van der Waals surface area contributed by atoms with Crippen LogP contribution in [-0.4, -0.2) is 43.7 Å². The van der Waals surface area contributed by atoms with E-state index >= 15 is 0 Å². The van der Waals surface area contributed by atoms with Crippen LogP contribution in [-0.2, 0) is 0 Å². The molecule has 0 spiro atoms. The molecule has 0 saturated carbocycles. The van der Waals surface area contributed by atoms with E-state index in [1.165, 1.54) is 13.0 Å². The molecule has 0 aliphatic carbocycles. The molecular formula is C8H19N3. The maximum Gasteiger partial charge on any atom is 0.0442 e. The zero-order valence-electron chi connectivity index (χ0n) is 7.56. The lowest BCUT2D eigenvalue weighted by Crippen LogP contribution is -2.51. The highest BCUT2D eigenvalue weighted by atomic mass is 15.2. The minimum Gasteiger partial charge on any atom is -0.329 e. The number of nitrogens with one attached hydrogen (secondary N) is 1. The molecule has 1 rings (SSSR count). The Morgan fingerprint density at radius 2 is 2.36 bits per heavy atom. The lowest BCUT2D eigenvalue weighted by molar-refractivity contribution is 0.305. The first-order valence-corrected chi connectivity index (χ1v) is 4.37. The number of hydrogen-bond donors (Lipinski definition) is 2. The van der Waals surface area contributed by atoms with Crippen LogP contribution >= 0.6 is 0 Å². The first-order chi connectivity index (χ1) is 5.26. The summed E-state index contributed by atoms with van der Waals surface area (Å²) in [6.07, 6.45) is 1.19. The fraction of sp³-hybridized carbons (Fsp3) is 1.00. The Hall–Kier alpha value is -0.120. The Balaban J connectivity index is 2.48. The minimum atomic E-state index is 0.204. The Kier molecular flexibility index (Phi) is 2.87. The van der Waals surface area contributed by atoms with Gasteiger partial charge in [-0.25, -0.2) is 0 Å². The van der Waals surface area contributed by atoms with Crippen molar-refractivity contribution < 1.29 is 0 Å². The summed E-state index contributed by atoms with van der Waals surface area (Å²) in [5.74, 6) is 0. The number of rotatable bonds is 3. The van der Waals surface area contributed by atoms with E-state index in [-0.39, 0.29) is 5.54 Å². The Bertz CT molecular complexity index is 121. The highest BCUT2D eigenvalue weighted by Crippen LogP contribution is 2.18. The normalized spacial score (nSPS) is 33.0. The Morgan fingerprint density at radius 1 is 1.64 bits per heavy atom. The lowest BCUT2D eigenvalue weighted by atomic mass is 10.00. The molecule has 0 bridgehead atoms. The van der Waals surface area contributed by atoms with Crippen molar-refractivity contribution in [1.82, 2.24) is 10.2 Å². The van der Waals surface area contributed by atoms with Gasteiger partial charge < -0.3 is 16.0 Å². The number of hydrogen-bond acceptors (Lipinski definition) is 3. The van der Waals surface area contributed by atoms with Crippen molar-refractivity contribution in [3.8, 4) is 0 Å². The topological polar surface area (TPSA) is 41.3 Å². The van der Waals surface area contributed by atoms with Crippen molar-refractivity contribution >= 4 is 0 Å². The van der Waals surface area contributed by atoms with Crippen LogP contribution in [0.1, 0.15) is 13.3 Å². The summed E-state index contributed by atoms with van der Waals surface area (Å²) in [7, 11) is 2.01. The van der Waals surface area contributed by atoms with E-state index in [0.717, 1.165) is 19.6 Å². The molecule has 1 aliphatic rings. The van der Waals surface area contributed by atoms with Crippen LogP contribution in [0.5, 0.6) is 0 Å². The summed E-state index contributed by atoms with van der Waals surface area (Å²) in [5.41, 5.74) is 5.91. The van der Waals surface area contributed by atoms with Crippen LogP contribution in [0.25, 0.3) is 0 Å². The predicted molar refractivity (Wildman–Crippen MR) is 47.6 cm³/mol. The van der Waals surface area contributed by atoms with E-state index in [9.17, 15) is 0 Å². The molecule has 11 heavy (non-hydrogen) atoms. The van der Waals surface area contributed by atoms with Crippen LogP contribution < -0.4 is 11.1 Å². The molecule has 0 aromatic carbocycles. The van der Waals surface area contributed by atoms with Crippen molar-refractivity contribution in [3.63, 3.8) is 0 Å². The maximum absolute atomic E-state index is 5.71. The summed E-state index contributed by atoms with van der Waals surface area (Å²) >= 11 is 0. The van der Waals surface area contributed by atoms with Crippen molar-refractivity contribution in [3.05, 3.63) is 0 Å².